The summed E-state index contributed by atoms with van der Waals surface area (Å²) in [5.74, 6) is -1.34. The Labute approximate surface area is 121 Å². The summed E-state index contributed by atoms with van der Waals surface area (Å²) in [7, 11) is -2.06. The topological polar surface area (TPSA) is 137 Å². The predicted octanol–water partition coefficient (Wildman–Crippen LogP) is -0.872. The van der Waals surface area contributed by atoms with Crippen molar-refractivity contribution in [1.29, 1.82) is 0 Å². The highest BCUT2D eigenvalue weighted by Gasteiger charge is 2.08. The van der Waals surface area contributed by atoms with E-state index in [0.717, 1.165) is 0 Å². The number of carbonyl (C=O) groups is 2. The van der Waals surface area contributed by atoms with Gasteiger partial charge in [-0.05, 0) is 18.7 Å². The lowest BCUT2D eigenvalue weighted by atomic mass is 10.2. The van der Waals surface area contributed by atoms with E-state index in [9.17, 15) is 18.0 Å². The van der Waals surface area contributed by atoms with Gasteiger partial charge in [0.25, 0.3) is 0 Å². The summed E-state index contributed by atoms with van der Waals surface area (Å²) in [5.41, 5.74) is 0.540. The van der Waals surface area contributed by atoms with E-state index in [1.54, 1.807) is 0 Å². The number of amides is 2. The molecular formula is C11H16N4O5S. The van der Waals surface area contributed by atoms with Crippen LogP contribution in [0.2, 0.25) is 0 Å². The van der Waals surface area contributed by atoms with Crippen LogP contribution in [0.4, 0.5) is 4.79 Å². The van der Waals surface area contributed by atoms with Crippen LogP contribution in [0.3, 0.4) is 0 Å². The van der Waals surface area contributed by atoms with E-state index in [1.165, 1.54) is 25.4 Å². The van der Waals surface area contributed by atoms with Gasteiger partial charge in [-0.1, -0.05) is 6.07 Å². The average molecular weight is 316 g/mol. The molecule has 10 heteroatoms. The van der Waals surface area contributed by atoms with Crippen molar-refractivity contribution in [1.82, 2.24) is 20.3 Å². The van der Waals surface area contributed by atoms with Crippen LogP contribution in [0.15, 0.2) is 18.3 Å². The first-order valence-corrected chi connectivity index (χ1v) is 7.60. The second-order valence-electron chi connectivity index (χ2n) is 3.99. The fraction of sp³-hybridized carbons (Fsp3) is 0.364. The molecule has 2 amide bonds. The number of pyridine rings is 1. The first-order valence-electron chi connectivity index (χ1n) is 5.95. The van der Waals surface area contributed by atoms with Gasteiger partial charge in [0.2, 0.25) is 10.0 Å². The molecular weight excluding hydrogens is 300 g/mol. The molecule has 1 aromatic heterocycles. The van der Waals surface area contributed by atoms with Crippen LogP contribution in [0, 0.1) is 0 Å². The Morgan fingerprint density at radius 3 is 2.52 bits per heavy atom. The number of rotatable bonds is 7. The van der Waals surface area contributed by atoms with Gasteiger partial charge in [-0.2, -0.15) is 0 Å². The Balaban J connectivity index is 2.34. The Hall–Kier alpha value is -2.20. The summed E-state index contributed by atoms with van der Waals surface area (Å²) < 4.78 is 24.3. The number of carboxylic acid groups (broad SMARTS) is 1. The molecule has 0 aliphatic carbocycles. The van der Waals surface area contributed by atoms with Crippen molar-refractivity contribution in [2.75, 3.05) is 19.3 Å². The largest absolute Gasteiger partial charge is 0.477 e. The van der Waals surface area contributed by atoms with E-state index in [4.69, 9.17) is 5.11 Å². The molecule has 0 unspecified atom stereocenters. The zero-order valence-electron chi connectivity index (χ0n) is 11.3. The van der Waals surface area contributed by atoms with Crippen LogP contribution < -0.4 is 15.4 Å². The third-order valence-electron chi connectivity index (χ3n) is 2.46. The van der Waals surface area contributed by atoms with Gasteiger partial charge >= 0.3 is 12.0 Å². The van der Waals surface area contributed by atoms with Gasteiger partial charge in [-0.25, -0.2) is 27.7 Å². The fourth-order valence-corrected chi connectivity index (χ4v) is 1.88. The molecule has 0 atom stereocenters. The van der Waals surface area contributed by atoms with Gasteiger partial charge < -0.3 is 15.7 Å². The molecule has 1 aromatic rings. The van der Waals surface area contributed by atoms with Crippen LogP contribution >= 0.6 is 0 Å². The van der Waals surface area contributed by atoms with Gasteiger partial charge in [0.15, 0.2) is 0 Å². The van der Waals surface area contributed by atoms with E-state index < -0.39 is 22.0 Å². The Kier molecular flexibility index (Phi) is 6.06. The number of nitrogens with one attached hydrogen (secondary N) is 3. The third kappa shape index (κ3) is 6.19. The lowest BCUT2D eigenvalue weighted by Crippen LogP contribution is -2.39. The Morgan fingerprint density at radius 1 is 1.29 bits per heavy atom. The van der Waals surface area contributed by atoms with Crippen LogP contribution in [-0.4, -0.2) is 49.9 Å². The maximum Gasteiger partial charge on any atom is 0.354 e. The van der Waals surface area contributed by atoms with Gasteiger partial charge in [0.05, 0.1) is 5.75 Å². The third-order valence-corrected chi connectivity index (χ3v) is 3.83. The molecule has 9 nitrogen and oxygen atoms in total. The van der Waals surface area contributed by atoms with Crippen molar-refractivity contribution in [2.45, 2.75) is 6.54 Å². The minimum absolute atomic E-state index is 0.0226. The number of sulfonamides is 1. The predicted molar refractivity (Wildman–Crippen MR) is 74.3 cm³/mol. The molecule has 0 aliphatic rings. The van der Waals surface area contributed by atoms with Gasteiger partial charge in [-0.3, -0.25) is 0 Å². The number of hydrogen-bond donors (Lipinski definition) is 4. The lowest BCUT2D eigenvalue weighted by Gasteiger charge is -2.07. The second kappa shape index (κ2) is 7.55. The van der Waals surface area contributed by atoms with Crippen molar-refractivity contribution in [3.05, 3.63) is 29.6 Å². The smallest absolute Gasteiger partial charge is 0.354 e. The maximum atomic E-state index is 11.4. The summed E-state index contributed by atoms with van der Waals surface area (Å²) in [6, 6.07) is 2.34. The van der Waals surface area contributed by atoms with Crippen molar-refractivity contribution >= 4 is 22.0 Å². The zero-order valence-corrected chi connectivity index (χ0v) is 12.1. The standard InChI is InChI=1S/C11H16N4O5S/c1-12-21(19,20)5-4-13-11(18)15-7-8-2-3-9(10(16)17)14-6-8/h2-3,6,12H,4-5,7H2,1H3,(H,16,17)(H2,13,15,18). The van der Waals surface area contributed by atoms with E-state index in [-0.39, 0.29) is 24.5 Å². The van der Waals surface area contributed by atoms with E-state index in [2.05, 4.69) is 20.3 Å². The molecule has 0 fully saturated rings. The highest BCUT2D eigenvalue weighted by Crippen LogP contribution is 1.99. The fourth-order valence-electron chi connectivity index (χ4n) is 1.30. The molecule has 0 aliphatic heterocycles. The number of hydrogen-bond acceptors (Lipinski definition) is 5. The van der Waals surface area contributed by atoms with E-state index in [0.29, 0.717) is 5.56 Å². The highest BCUT2D eigenvalue weighted by molar-refractivity contribution is 7.89. The van der Waals surface area contributed by atoms with E-state index >= 15 is 0 Å². The monoisotopic (exact) mass is 316 g/mol. The second-order valence-corrected chi connectivity index (χ2v) is 6.04. The number of carboxylic acids is 1. The zero-order chi connectivity index (χ0) is 15.9. The normalized spacial score (nSPS) is 10.9. The minimum atomic E-state index is -3.35. The molecule has 0 aromatic carbocycles. The summed E-state index contributed by atoms with van der Waals surface area (Å²) in [4.78, 5) is 25.7. The van der Waals surface area contributed by atoms with Crippen LogP contribution in [-0.2, 0) is 16.6 Å². The number of nitrogens with zero attached hydrogens (tertiary/aromatic N) is 1. The van der Waals surface area contributed by atoms with Gasteiger partial charge in [0, 0.05) is 19.3 Å². The molecule has 0 radical (unpaired) electrons. The molecule has 0 bridgehead atoms. The van der Waals surface area contributed by atoms with Crippen molar-refractivity contribution in [2.24, 2.45) is 0 Å². The molecule has 1 rings (SSSR count). The minimum Gasteiger partial charge on any atom is -0.477 e. The lowest BCUT2D eigenvalue weighted by molar-refractivity contribution is 0.0690. The van der Waals surface area contributed by atoms with Crippen molar-refractivity contribution in [3.63, 3.8) is 0 Å². The van der Waals surface area contributed by atoms with Crippen molar-refractivity contribution in [3.8, 4) is 0 Å². The molecule has 0 saturated carbocycles. The number of aromatic nitrogens is 1. The number of urea groups is 1. The Morgan fingerprint density at radius 2 is 2.00 bits per heavy atom. The number of aromatic carboxylic acids is 1. The first-order chi connectivity index (χ1) is 9.84. The molecule has 21 heavy (non-hydrogen) atoms. The van der Waals surface area contributed by atoms with Crippen molar-refractivity contribution < 1.29 is 23.1 Å². The van der Waals surface area contributed by atoms with Gasteiger partial charge in [0.1, 0.15) is 5.69 Å². The summed E-state index contributed by atoms with van der Waals surface area (Å²) in [6.45, 7) is 0.128. The maximum absolute atomic E-state index is 11.4. The SMILES string of the molecule is CNS(=O)(=O)CCNC(=O)NCc1ccc(C(=O)O)nc1. The quantitative estimate of drug-likeness (QED) is 0.516. The summed E-state index contributed by atoms with van der Waals surface area (Å²) in [5, 5.41) is 13.6. The molecule has 116 valence electrons. The molecule has 4 N–H and O–H groups in total. The molecule has 0 saturated heterocycles. The number of carbonyl (C=O) groups excluding carboxylic acids is 1. The average Bonchev–Trinajstić information content (AvgIpc) is 2.45. The summed E-state index contributed by atoms with van der Waals surface area (Å²) >= 11 is 0. The molecule has 0 spiro atoms. The van der Waals surface area contributed by atoms with Crippen LogP contribution in [0.1, 0.15) is 16.1 Å². The van der Waals surface area contributed by atoms with Crippen LogP contribution in [0.5, 0.6) is 0 Å². The highest BCUT2D eigenvalue weighted by atomic mass is 32.2. The van der Waals surface area contributed by atoms with E-state index in [1.807, 2.05) is 0 Å². The first kappa shape index (κ1) is 16.9. The summed E-state index contributed by atoms with van der Waals surface area (Å²) in [6.07, 6.45) is 1.34. The van der Waals surface area contributed by atoms with Crippen LogP contribution in [0.25, 0.3) is 0 Å². The molecule has 1 heterocycles. The van der Waals surface area contributed by atoms with Gasteiger partial charge in [-0.15, -0.1) is 0 Å². The Bertz CT molecular complexity index is 600.